The zero-order chi connectivity index (χ0) is 42.0. The van der Waals surface area contributed by atoms with Gasteiger partial charge in [-0.15, -0.1) is 0 Å². The molecule has 10 rings (SSSR count). The molecule has 0 radical (unpaired) electrons. The van der Waals surface area contributed by atoms with Crippen molar-refractivity contribution in [3.8, 4) is 68.9 Å². The van der Waals surface area contributed by atoms with E-state index in [9.17, 15) is 15.8 Å². The van der Waals surface area contributed by atoms with Gasteiger partial charge in [-0.2, -0.15) is 15.8 Å². The highest BCUT2D eigenvalue weighted by molar-refractivity contribution is 6.10. The van der Waals surface area contributed by atoms with Crippen LogP contribution >= 0.6 is 0 Å². The molecule has 0 saturated carbocycles. The standard InChI is InChI=1S/C55H33N7/c56-34-39-13-7-9-19-47(39)52-33-51(59-55(60-52)48-20-10-8-14-40(48)35-57)38-25-23-37(24-26-38)46-29-27-44(31-41(46)36-58)62-53-22-12-11-21-49(53)50-32-45(28-30-54(50)62)61(42-15-3-1-4-16-42)43-17-5-2-6-18-43/h1-33H. The summed E-state index contributed by atoms with van der Waals surface area (Å²) in [6, 6.07) is 73.2. The fraction of sp³-hybridized carbons (Fsp3) is 0. The predicted molar refractivity (Wildman–Crippen MR) is 247 cm³/mol. The summed E-state index contributed by atoms with van der Waals surface area (Å²) >= 11 is 0. The Morgan fingerprint density at radius 3 is 1.65 bits per heavy atom. The second-order valence-corrected chi connectivity index (χ2v) is 14.8. The average Bonchev–Trinajstić information content (AvgIpc) is 3.68. The van der Waals surface area contributed by atoms with E-state index in [1.165, 1.54) is 0 Å². The third kappa shape index (κ3) is 6.67. The Hall–Kier alpha value is -9.09. The lowest BCUT2D eigenvalue weighted by molar-refractivity contribution is 1.17. The Labute approximate surface area is 358 Å². The Morgan fingerprint density at radius 2 is 0.952 bits per heavy atom. The lowest BCUT2D eigenvalue weighted by Gasteiger charge is -2.25. The van der Waals surface area contributed by atoms with E-state index in [2.05, 4.69) is 119 Å². The molecule has 0 unspecified atom stereocenters. The number of nitriles is 3. The lowest BCUT2D eigenvalue weighted by Crippen LogP contribution is -2.09. The van der Waals surface area contributed by atoms with Crippen LogP contribution in [-0.4, -0.2) is 14.5 Å². The van der Waals surface area contributed by atoms with Gasteiger partial charge in [0, 0.05) is 50.2 Å². The number of aromatic nitrogens is 3. The van der Waals surface area contributed by atoms with Crippen molar-refractivity contribution in [1.82, 2.24) is 14.5 Å². The molecule has 0 amide bonds. The molecule has 2 aromatic heterocycles. The Kier molecular flexibility index (Phi) is 9.56. The fourth-order valence-corrected chi connectivity index (χ4v) is 8.25. The summed E-state index contributed by atoms with van der Waals surface area (Å²) < 4.78 is 2.23. The fourth-order valence-electron chi connectivity index (χ4n) is 8.25. The average molecular weight is 792 g/mol. The molecule has 0 bridgehead atoms. The van der Waals surface area contributed by atoms with Crippen molar-refractivity contribution in [3.05, 3.63) is 217 Å². The van der Waals surface area contributed by atoms with E-state index in [0.29, 0.717) is 45.0 Å². The number of rotatable bonds is 8. The van der Waals surface area contributed by atoms with E-state index in [1.807, 2.05) is 97.1 Å². The maximum Gasteiger partial charge on any atom is 0.161 e. The van der Waals surface area contributed by atoms with Crippen LogP contribution in [0.1, 0.15) is 16.7 Å². The number of anilines is 3. The van der Waals surface area contributed by atoms with Crippen LogP contribution in [0.3, 0.4) is 0 Å². The van der Waals surface area contributed by atoms with Gasteiger partial charge < -0.3 is 9.47 Å². The smallest absolute Gasteiger partial charge is 0.161 e. The van der Waals surface area contributed by atoms with Gasteiger partial charge in [-0.1, -0.05) is 115 Å². The minimum Gasteiger partial charge on any atom is -0.310 e. The highest BCUT2D eigenvalue weighted by Gasteiger charge is 2.19. The minimum absolute atomic E-state index is 0.389. The molecule has 0 aliphatic carbocycles. The molecule has 8 aromatic carbocycles. The molecule has 0 N–H and O–H groups in total. The van der Waals surface area contributed by atoms with E-state index < -0.39 is 0 Å². The number of para-hydroxylation sites is 3. The van der Waals surface area contributed by atoms with Crippen molar-refractivity contribution in [3.63, 3.8) is 0 Å². The molecule has 0 saturated heterocycles. The summed E-state index contributed by atoms with van der Waals surface area (Å²) in [5.41, 5.74) is 12.6. The van der Waals surface area contributed by atoms with Gasteiger partial charge in [-0.05, 0) is 96.1 Å². The molecule has 7 nitrogen and oxygen atoms in total. The highest BCUT2D eigenvalue weighted by Crippen LogP contribution is 2.40. The quantitative estimate of drug-likeness (QED) is 0.152. The van der Waals surface area contributed by atoms with Gasteiger partial charge in [0.1, 0.15) is 0 Å². The summed E-state index contributed by atoms with van der Waals surface area (Å²) in [5, 5.41) is 32.7. The van der Waals surface area contributed by atoms with Crippen molar-refractivity contribution in [2.24, 2.45) is 0 Å². The minimum atomic E-state index is 0.389. The van der Waals surface area contributed by atoms with Crippen LogP contribution < -0.4 is 4.90 Å². The monoisotopic (exact) mass is 791 g/mol. The Morgan fingerprint density at radius 1 is 0.387 bits per heavy atom. The van der Waals surface area contributed by atoms with Gasteiger partial charge in [0.2, 0.25) is 0 Å². The van der Waals surface area contributed by atoms with Crippen LogP contribution in [-0.2, 0) is 0 Å². The van der Waals surface area contributed by atoms with Crippen LogP contribution in [0, 0.1) is 34.0 Å². The highest BCUT2D eigenvalue weighted by atomic mass is 15.1. The first-order chi connectivity index (χ1) is 30.6. The molecule has 7 heteroatoms. The third-order valence-electron chi connectivity index (χ3n) is 11.2. The maximum absolute atomic E-state index is 10.6. The maximum atomic E-state index is 10.6. The van der Waals surface area contributed by atoms with Crippen molar-refractivity contribution in [2.45, 2.75) is 0 Å². The van der Waals surface area contributed by atoms with Crippen molar-refractivity contribution >= 4 is 38.9 Å². The number of hydrogen-bond donors (Lipinski definition) is 0. The van der Waals surface area contributed by atoms with Crippen LogP contribution in [0.15, 0.2) is 200 Å². The van der Waals surface area contributed by atoms with Crippen LogP contribution in [0.4, 0.5) is 17.1 Å². The number of fused-ring (bicyclic) bond motifs is 3. The molecule has 10 aromatic rings. The predicted octanol–water partition coefficient (Wildman–Crippen LogP) is 13.3. The SMILES string of the molecule is N#Cc1cc(-n2c3ccccc3c3cc(N(c4ccccc4)c4ccccc4)ccc32)ccc1-c1ccc(-c2cc(-c3ccccc3C#N)nc(-c3ccccc3C#N)n2)cc1. The topological polar surface area (TPSA) is 105 Å². The molecule has 0 atom stereocenters. The van der Waals surface area contributed by atoms with Crippen LogP contribution in [0.2, 0.25) is 0 Å². The molecule has 0 aliphatic rings. The van der Waals surface area contributed by atoms with Crippen molar-refractivity contribution < 1.29 is 0 Å². The molecule has 0 spiro atoms. The first kappa shape index (κ1) is 37.2. The van der Waals surface area contributed by atoms with E-state index in [0.717, 1.165) is 61.2 Å². The first-order valence-electron chi connectivity index (χ1n) is 20.1. The summed E-state index contributed by atoms with van der Waals surface area (Å²) in [6.07, 6.45) is 0. The van der Waals surface area contributed by atoms with E-state index in [4.69, 9.17) is 9.97 Å². The molecule has 0 aliphatic heterocycles. The largest absolute Gasteiger partial charge is 0.310 e. The number of hydrogen-bond acceptors (Lipinski definition) is 6. The summed E-state index contributed by atoms with van der Waals surface area (Å²) in [5.74, 6) is 0.389. The van der Waals surface area contributed by atoms with E-state index >= 15 is 0 Å². The molecular weight excluding hydrogens is 759 g/mol. The van der Waals surface area contributed by atoms with Crippen LogP contribution in [0.25, 0.3) is 72.5 Å². The van der Waals surface area contributed by atoms with Gasteiger partial charge in [0.25, 0.3) is 0 Å². The number of benzene rings is 8. The lowest BCUT2D eigenvalue weighted by atomic mass is 9.97. The Bertz CT molecular complexity index is 3330. The molecule has 2 heterocycles. The van der Waals surface area contributed by atoms with Crippen molar-refractivity contribution in [1.29, 1.82) is 15.8 Å². The number of nitrogens with zero attached hydrogens (tertiary/aromatic N) is 7. The zero-order valence-electron chi connectivity index (χ0n) is 33.2. The summed E-state index contributed by atoms with van der Waals surface area (Å²) in [4.78, 5) is 12.1. The van der Waals surface area contributed by atoms with E-state index in [-0.39, 0.29) is 0 Å². The van der Waals surface area contributed by atoms with Crippen LogP contribution in [0.5, 0.6) is 0 Å². The second-order valence-electron chi connectivity index (χ2n) is 14.8. The summed E-state index contributed by atoms with van der Waals surface area (Å²) in [6.45, 7) is 0. The van der Waals surface area contributed by atoms with Crippen molar-refractivity contribution in [2.75, 3.05) is 4.90 Å². The van der Waals surface area contributed by atoms with Gasteiger partial charge in [0.15, 0.2) is 5.82 Å². The van der Waals surface area contributed by atoms with Gasteiger partial charge in [-0.25, -0.2) is 9.97 Å². The van der Waals surface area contributed by atoms with E-state index in [1.54, 1.807) is 12.1 Å². The third-order valence-corrected chi connectivity index (χ3v) is 11.2. The molecule has 0 fully saturated rings. The molecular formula is C55H33N7. The second kappa shape index (κ2) is 15.9. The Balaban J connectivity index is 1.04. The normalized spacial score (nSPS) is 10.9. The summed E-state index contributed by atoms with van der Waals surface area (Å²) in [7, 11) is 0. The first-order valence-corrected chi connectivity index (χ1v) is 20.1. The van der Waals surface area contributed by atoms with Gasteiger partial charge >= 0.3 is 0 Å². The zero-order valence-corrected chi connectivity index (χ0v) is 33.2. The molecule has 288 valence electrons. The van der Waals surface area contributed by atoms with Gasteiger partial charge in [0.05, 0.1) is 57.3 Å². The molecule has 62 heavy (non-hydrogen) atoms. The van der Waals surface area contributed by atoms with Gasteiger partial charge in [-0.3, -0.25) is 0 Å².